The van der Waals surface area contributed by atoms with Crippen molar-refractivity contribution in [2.45, 2.75) is 11.6 Å². The molecule has 1 amide bonds. The third-order valence-electron chi connectivity index (χ3n) is 5.64. The van der Waals surface area contributed by atoms with Crippen LogP contribution < -0.4 is 24.3 Å². The fourth-order valence-corrected chi connectivity index (χ4v) is 4.34. The van der Waals surface area contributed by atoms with Crippen molar-refractivity contribution in [3.05, 3.63) is 66.7 Å². The minimum absolute atomic E-state index is 0.154. The van der Waals surface area contributed by atoms with Crippen molar-refractivity contribution in [3.8, 4) is 45.5 Å². The summed E-state index contributed by atoms with van der Waals surface area (Å²) in [5, 5.41) is 12.2. The number of nitrogens with zero attached hydrogens (tertiary/aromatic N) is 3. The van der Waals surface area contributed by atoms with E-state index in [1.54, 1.807) is 46.6 Å². The van der Waals surface area contributed by atoms with Crippen LogP contribution >= 0.6 is 11.8 Å². The van der Waals surface area contributed by atoms with E-state index < -0.39 is 0 Å². The molecule has 9 nitrogen and oxygen atoms in total. The van der Waals surface area contributed by atoms with Crippen molar-refractivity contribution in [1.29, 1.82) is 0 Å². The zero-order valence-electron chi connectivity index (χ0n) is 21.6. The standard InChI is InChI=1S/C28H28N4O5S/c1-34-20-9-5-18(6-10-20)26-27(19-7-11-21(35-2)12-8-19)31-32-28(30-26)38-16-15-25(33)29-23-14-13-22(36-3)17-24(23)37-4/h5-14,17H,15-16H2,1-4H3,(H,29,33). The minimum atomic E-state index is -0.154. The molecule has 0 aliphatic rings. The van der Waals surface area contributed by atoms with E-state index >= 15 is 0 Å². The van der Waals surface area contributed by atoms with Gasteiger partial charge < -0.3 is 24.3 Å². The van der Waals surface area contributed by atoms with Gasteiger partial charge >= 0.3 is 0 Å². The van der Waals surface area contributed by atoms with Crippen LogP contribution in [-0.4, -0.2) is 55.3 Å². The largest absolute Gasteiger partial charge is 0.497 e. The molecule has 3 aromatic carbocycles. The van der Waals surface area contributed by atoms with Gasteiger partial charge in [0.15, 0.2) is 0 Å². The van der Waals surface area contributed by atoms with Crippen LogP contribution in [0.1, 0.15) is 6.42 Å². The number of carbonyl (C=O) groups excluding carboxylic acids is 1. The number of anilines is 1. The topological polar surface area (TPSA) is 105 Å². The molecule has 0 saturated carbocycles. The molecule has 0 aliphatic carbocycles. The van der Waals surface area contributed by atoms with Crippen LogP contribution in [0.25, 0.3) is 22.5 Å². The van der Waals surface area contributed by atoms with Gasteiger partial charge in [0.05, 0.1) is 34.1 Å². The molecule has 196 valence electrons. The smallest absolute Gasteiger partial charge is 0.225 e. The Labute approximate surface area is 225 Å². The summed E-state index contributed by atoms with van der Waals surface area (Å²) >= 11 is 1.36. The average Bonchev–Trinajstić information content (AvgIpc) is 2.97. The fourth-order valence-electron chi connectivity index (χ4n) is 3.62. The summed E-state index contributed by atoms with van der Waals surface area (Å²) in [6.45, 7) is 0. The first kappa shape index (κ1) is 26.7. The maximum absolute atomic E-state index is 12.6. The Bertz CT molecular complexity index is 1380. The molecule has 0 atom stereocenters. The molecule has 1 aromatic heterocycles. The molecule has 0 radical (unpaired) electrons. The summed E-state index contributed by atoms with van der Waals surface area (Å²) in [5.74, 6) is 2.98. The van der Waals surface area contributed by atoms with E-state index in [9.17, 15) is 4.79 Å². The number of aromatic nitrogens is 3. The number of amides is 1. The van der Waals surface area contributed by atoms with Gasteiger partial charge in [-0.2, -0.15) is 0 Å². The molecular formula is C28H28N4O5S. The molecule has 4 rings (SSSR count). The summed E-state index contributed by atoms with van der Waals surface area (Å²) < 4.78 is 21.1. The monoisotopic (exact) mass is 532 g/mol. The van der Waals surface area contributed by atoms with Crippen molar-refractivity contribution >= 4 is 23.4 Å². The number of nitrogens with one attached hydrogen (secondary N) is 1. The van der Waals surface area contributed by atoms with E-state index in [-0.39, 0.29) is 12.3 Å². The zero-order chi connectivity index (χ0) is 26.9. The van der Waals surface area contributed by atoms with Crippen LogP contribution in [0, 0.1) is 0 Å². The second kappa shape index (κ2) is 12.8. The molecule has 1 heterocycles. The lowest BCUT2D eigenvalue weighted by atomic mass is 10.0. The Morgan fingerprint density at radius 2 is 1.32 bits per heavy atom. The predicted octanol–water partition coefficient (Wildman–Crippen LogP) is 5.36. The van der Waals surface area contributed by atoms with E-state index in [1.165, 1.54) is 11.8 Å². The first-order valence-corrected chi connectivity index (χ1v) is 12.7. The number of benzene rings is 3. The first-order chi connectivity index (χ1) is 18.5. The van der Waals surface area contributed by atoms with Crippen LogP contribution in [-0.2, 0) is 4.79 Å². The highest BCUT2D eigenvalue weighted by Gasteiger charge is 2.15. The molecule has 0 saturated heterocycles. The Morgan fingerprint density at radius 3 is 1.89 bits per heavy atom. The number of carbonyl (C=O) groups is 1. The Morgan fingerprint density at radius 1 is 0.737 bits per heavy atom. The number of hydrogen-bond acceptors (Lipinski definition) is 9. The summed E-state index contributed by atoms with van der Waals surface area (Å²) in [7, 11) is 6.37. The first-order valence-electron chi connectivity index (χ1n) is 11.7. The molecule has 0 fully saturated rings. The Kier molecular flexibility index (Phi) is 8.99. The lowest BCUT2D eigenvalue weighted by Crippen LogP contribution is -2.13. The van der Waals surface area contributed by atoms with Gasteiger partial charge in [0.2, 0.25) is 11.1 Å². The van der Waals surface area contributed by atoms with E-state index in [4.69, 9.17) is 23.9 Å². The van der Waals surface area contributed by atoms with Gasteiger partial charge in [-0.1, -0.05) is 11.8 Å². The zero-order valence-corrected chi connectivity index (χ0v) is 22.4. The van der Waals surface area contributed by atoms with Gasteiger partial charge in [0.25, 0.3) is 0 Å². The van der Waals surface area contributed by atoms with Crippen LogP contribution in [0.15, 0.2) is 71.9 Å². The van der Waals surface area contributed by atoms with Crippen LogP contribution in [0.4, 0.5) is 5.69 Å². The molecule has 0 spiro atoms. The number of ether oxygens (including phenoxy) is 4. The normalized spacial score (nSPS) is 10.5. The van der Waals surface area contributed by atoms with E-state index in [0.29, 0.717) is 39.5 Å². The molecular weight excluding hydrogens is 504 g/mol. The highest BCUT2D eigenvalue weighted by molar-refractivity contribution is 7.99. The highest BCUT2D eigenvalue weighted by atomic mass is 32.2. The molecule has 4 aromatic rings. The van der Waals surface area contributed by atoms with Gasteiger partial charge in [-0.3, -0.25) is 4.79 Å². The number of rotatable bonds is 11. The third kappa shape index (κ3) is 6.51. The van der Waals surface area contributed by atoms with Gasteiger partial charge in [-0.05, 0) is 60.7 Å². The van der Waals surface area contributed by atoms with Gasteiger partial charge in [0, 0.05) is 29.4 Å². The summed E-state index contributed by atoms with van der Waals surface area (Å²) in [6.07, 6.45) is 0.251. The highest BCUT2D eigenvalue weighted by Crippen LogP contribution is 2.32. The molecule has 10 heteroatoms. The van der Waals surface area contributed by atoms with Gasteiger partial charge in [-0.15, -0.1) is 10.2 Å². The molecule has 38 heavy (non-hydrogen) atoms. The molecule has 0 unspecified atom stereocenters. The van der Waals surface area contributed by atoms with E-state index in [1.807, 2.05) is 48.5 Å². The quantitative estimate of drug-likeness (QED) is 0.256. The van der Waals surface area contributed by atoms with E-state index in [0.717, 1.165) is 22.6 Å². The summed E-state index contributed by atoms with van der Waals surface area (Å²) in [5.41, 5.74) is 3.64. The number of thioether (sulfide) groups is 1. The average molecular weight is 533 g/mol. The lowest BCUT2D eigenvalue weighted by molar-refractivity contribution is -0.115. The molecule has 0 aliphatic heterocycles. The van der Waals surface area contributed by atoms with Crippen LogP contribution in [0.3, 0.4) is 0 Å². The van der Waals surface area contributed by atoms with Crippen LogP contribution in [0.2, 0.25) is 0 Å². The lowest BCUT2D eigenvalue weighted by Gasteiger charge is -2.12. The van der Waals surface area contributed by atoms with Gasteiger partial charge in [-0.25, -0.2) is 4.98 Å². The minimum Gasteiger partial charge on any atom is -0.497 e. The maximum Gasteiger partial charge on any atom is 0.225 e. The molecule has 0 bridgehead atoms. The summed E-state index contributed by atoms with van der Waals surface area (Å²) in [6, 6.07) is 20.4. The maximum atomic E-state index is 12.6. The summed E-state index contributed by atoms with van der Waals surface area (Å²) in [4.78, 5) is 17.4. The predicted molar refractivity (Wildman–Crippen MR) is 147 cm³/mol. The number of methoxy groups -OCH3 is 4. The Balaban J connectivity index is 1.49. The van der Waals surface area contributed by atoms with Crippen molar-refractivity contribution in [1.82, 2.24) is 15.2 Å². The second-order valence-electron chi connectivity index (χ2n) is 7.96. The third-order valence-corrected chi connectivity index (χ3v) is 6.48. The number of hydrogen-bond donors (Lipinski definition) is 1. The van der Waals surface area contributed by atoms with Crippen molar-refractivity contribution in [3.63, 3.8) is 0 Å². The fraction of sp³-hybridized carbons (Fsp3) is 0.214. The van der Waals surface area contributed by atoms with Gasteiger partial charge in [0.1, 0.15) is 34.4 Å². The van der Waals surface area contributed by atoms with Crippen LogP contribution in [0.5, 0.6) is 23.0 Å². The second-order valence-corrected chi connectivity index (χ2v) is 9.02. The SMILES string of the molecule is COc1ccc(-c2nnc(SCCC(=O)Nc3ccc(OC)cc3OC)nc2-c2ccc(OC)cc2)cc1. The van der Waals surface area contributed by atoms with Crippen molar-refractivity contribution in [2.24, 2.45) is 0 Å². The molecule has 1 N–H and O–H groups in total. The van der Waals surface area contributed by atoms with E-state index in [2.05, 4.69) is 15.5 Å². The van der Waals surface area contributed by atoms with Crippen molar-refractivity contribution in [2.75, 3.05) is 39.5 Å². The van der Waals surface area contributed by atoms with Crippen molar-refractivity contribution < 1.29 is 23.7 Å². The Hall–Kier alpha value is -4.31.